The molecule has 0 fully saturated rings. The van der Waals surface area contributed by atoms with E-state index in [2.05, 4.69) is 15.0 Å². The van der Waals surface area contributed by atoms with Crippen LogP contribution in [0.2, 0.25) is 0 Å². The second-order valence-corrected chi connectivity index (χ2v) is 2.33. The summed E-state index contributed by atoms with van der Waals surface area (Å²) in [5, 5.41) is 0. The van der Waals surface area contributed by atoms with Crippen LogP contribution in [0.15, 0.2) is 35.9 Å². The molecule has 0 bridgehead atoms. The van der Waals surface area contributed by atoms with E-state index in [0.717, 1.165) is 6.54 Å². The van der Waals surface area contributed by atoms with Gasteiger partial charge in [-0.15, -0.1) is 0 Å². The molecule has 0 atom stereocenters. The molecule has 0 saturated heterocycles. The Morgan fingerprint density at radius 1 is 1.25 bits per heavy atom. The third kappa shape index (κ3) is 1.32. The molecular formula is C8H8N4. The van der Waals surface area contributed by atoms with Crippen LogP contribution in [0.1, 0.15) is 0 Å². The number of nitrogens with zero attached hydrogens (tertiary/aromatic N) is 4. The zero-order valence-electron chi connectivity index (χ0n) is 6.46. The van der Waals surface area contributed by atoms with E-state index in [1.165, 1.54) is 0 Å². The number of hydrogen-bond donors (Lipinski definition) is 0. The van der Waals surface area contributed by atoms with Gasteiger partial charge < -0.3 is 4.90 Å². The van der Waals surface area contributed by atoms with Crippen LogP contribution in [-0.2, 0) is 0 Å². The minimum absolute atomic E-state index is 0.708. The zero-order chi connectivity index (χ0) is 8.23. The highest BCUT2D eigenvalue weighted by molar-refractivity contribution is 5.67. The summed E-state index contributed by atoms with van der Waals surface area (Å²) in [6.45, 7) is 0.737. The predicted octanol–water partition coefficient (Wildman–Crippen LogP) is 0.839. The monoisotopic (exact) mass is 160 g/mol. The van der Waals surface area contributed by atoms with Gasteiger partial charge in [0.05, 0.1) is 6.54 Å². The second-order valence-electron chi connectivity index (χ2n) is 2.33. The molecule has 0 amide bonds. The Kier molecular flexibility index (Phi) is 1.82. The summed E-state index contributed by atoms with van der Waals surface area (Å²) < 4.78 is 0. The number of rotatable bonds is 1. The Hall–Kier alpha value is -1.71. The maximum Gasteiger partial charge on any atom is 0.229 e. The van der Waals surface area contributed by atoms with E-state index in [0.29, 0.717) is 5.95 Å². The summed E-state index contributed by atoms with van der Waals surface area (Å²) in [5.74, 6) is 0.708. The van der Waals surface area contributed by atoms with E-state index < -0.39 is 0 Å². The first kappa shape index (κ1) is 6.97. The molecule has 0 saturated carbocycles. The number of aliphatic imine (C=N–C) groups is 1. The Balaban J connectivity index is 2.21. The highest BCUT2D eigenvalue weighted by Crippen LogP contribution is 2.06. The highest BCUT2D eigenvalue weighted by atomic mass is 15.2. The molecule has 1 aromatic heterocycles. The second kappa shape index (κ2) is 3.13. The molecule has 1 aliphatic heterocycles. The summed E-state index contributed by atoms with van der Waals surface area (Å²) >= 11 is 0. The molecule has 60 valence electrons. The maximum atomic E-state index is 4.10. The molecule has 1 aromatic rings. The van der Waals surface area contributed by atoms with Crippen LogP contribution >= 0.6 is 0 Å². The molecule has 2 rings (SSSR count). The smallest absolute Gasteiger partial charge is 0.229 e. The SMILES string of the molecule is C1=CN(c2ncccn2)CC=N1. The van der Waals surface area contributed by atoms with Gasteiger partial charge in [-0.3, -0.25) is 4.99 Å². The van der Waals surface area contributed by atoms with E-state index in [1.54, 1.807) is 24.7 Å². The lowest BCUT2D eigenvalue weighted by Gasteiger charge is -2.16. The van der Waals surface area contributed by atoms with Crippen LogP contribution in [0.5, 0.6) is 0 Å². The minimum Gasteiger partial charge on any atom is -0.310 e. The van der Waals surface area contributed by atoms with Crippen molar-refractivity contribution < 1.29 is 0 Å². The number of anilines is 1. The van der Waals surface area contributed by atoms with Gasteiger partial charge in [0, 0.05) is 31.0 Å². The van der Waals surface area contributed by atoms with E-state index in [1.807, 2.05) is 17.3 Å². The van der Waals surface area contributed by atoms with Crippen LogP contribution < -0.4 is 4.90 Å². The molecule has 0 spiro atoms. The normalized spacial score (nSPS) is 15.2. The first-order chi connectivity index (χ1) is 5.97. The van der Waals surface area contributed by atoms with Gasteiger partial charge in [0.15, 0.2) is 0 Å². The van der Waals surface area contributed by atoms with Gasteiger partial charge in [-0.2, -0.15) is 0 Å². The molecule has 0 unspecified atom stereocenters. The van der Waals surface area contributed by atoms with Gasteiger partial charge in [0.25, 0.3) is 0 Å². The summed E-state index contributed by atoms with van der Waals surface area (Å²) in [6, 6.07) is 1.80. The van der Waals surface area contributed by atoms with Crippen molar-refractivity contribution in [3.05, 3.63) is 30.9 Å². The van der Waals surface area contributed by atoms with Crippen molar-refractivity contribution in [1.29, 1.82) is 0 Å². The Morgan fingerprint density at radius 2 is 2.08 bits per heavy atom. The van der Waals surface area contributed by atoms with Crippen LogP contribution in [0.4, 0.5) is 5.95 Å². The van der Waals surface area contributed by atoms with Crippen molar-refractivity contribution >= 4 is 12.2 Å². The number of hydrogen-bond acceptors (Lipinski definition) is 4. The fourth-order valence-electron chi connectivity index (χ4n) is 0.964. The lowest BCUT2D eigenvalue weighted by Crippen LogP contribution is -2.22. The van der Waals surface area contributed by atoms with Crippen molar-refractivity contribution in [3.8, 4) is 0 Å². The van der Waals surface area contributed by atoms with Crippen LogP contribution in [0.25, 0.3) is 0 Å². The summed E-state index contributed by atoms with van der Waals surface area (Å²) in [6.07, 6.45) is 8.84. The van der Waals surface area contributed by atoms with Crippen molar-refractivity contribution in [2.24, 2.45) is 4.99 Å². The molecule has 2 heterocycles. The lowest BCUT2D eigenvalue weighted by molar-refractivity contribution is 0.992. The van der Waals surface area contributed by atoms with E-state index in [9.17, 15) is 0 Å². The zero-order valence-corrected chi connectivity index (χ0v) is 6.46. The quantitative estimate of drug-likeness (QED) is 0.611. The molecule has 12 heavy (non-hydrogen) atoms. The molecule has 4 nitrogen and oxygen atoms in total. The van der Waals surface area contributed by atoms with E-state index in [-0.39, 0.29) is 0 Å². The minimum atomic E-state index is 0.708. The average molecular weight is 160 g/mol. The van der Waals surface area contributed by atoms with Crippen LogP contribution in [0, 0.1) is 0 Å². The predicted molar refractivity (Wildman–Crippen MR) is 47.0 cm³/mol. The van der Waals surface area contributed by atoms with Gasteiger partial charge in [0.2, 0.25) is 5.95 Å². The van der Waals surface area contributed by atoms with Crippen LogP contribution in [0.3, 0.4) is 0 Å². The van der Waals surface area contributed by atoms with Crippen molar-refractivity contribution in [3.63, 3.8) is 0 Å². The Bertz CT molecular complexity index is 304. The molecule has 0 N–H and O–H groups in total. The van der Waals surface area contributed by atoms with Gasteiger partial charge in [-0.05, 0) is 6.07 Å². The summed E-state index contributed by atoms with van der Waals surface area (Å²) in [4.78, 5) is 14.1. The Labute approximate surface area is 70.3 Å². The molecule has 0 aliphatic carbocycles. The highest BCUT2D eigenvalue weighted by Gasteiger charge is 2.04. The lowest BCUT2D eigenvalue weighted by atomic mass is 10.5. The van der Waals surface area contributed by atoms with Crippen molar-refractivity contribution in [2.75, 3.05) is 11.4 Å². The van der Waals surface area contributed by atoms with Crippen LogP contribution in [-0.4, -0.2) is 22.7 Å². The standard InChI is InChI=1S/C8H8N4/c1-2-10-8(11-3-1)12-6-4-9-5-7-12/h1-6H,7H2. The first-order valence-electron chi connectivity index (χ1n) is 3.69. The summed E-state index contributed by atoms with van der Waals surface area (Å²) in [7, 11) is 0. The van der Waals surface area contributed by atoms with Crippen molar-refractivity contribution in [2.45, 2.75) is 0 Å². The third-order valence-electron chi connectivity index (χ3n) is 1.53. The fraction of sp³-hybridized carbons (Fsp3) is 0.125. The van der Waals surface area contributed by atoms with Gasteiger partial charge in [-0.1, -0.05) is 0 Å². The first-order valence-corrected chi connectivity index (χ1v) is 3.69. The molecule has 4 heteroatoms. The summed E-state index contributed by atoms with van der Waals surface area (Å²) in [5.41, 5.74) is 0. The molecule has 0 aromatic carbocycles. The largest absolute Gasteiger partial charge is 0.310 e. The molecule has 1 aliphatic rings. The number of aromatic nitrogens is 2. The van der Waals surface area contributed by atoms with Crippen molar-refractivity contribution in [1.82, 2.24) is 9.97 Å². The van der Waals surface area contributed by atoms with Gasteiger partial charge >= 0.3 is 0 Å². The van der Waals surface area contributed by atoms with Gasteiger partial charge in [0.1, 0.15) is 0 Å². The molecular weight excluding hydrogens is 152 g/mol. The maximum absolute atomic E-state index is 4.10. The topological polar surface area (TPSA) is 41.4 Å². The van der Waals surface area contributed by atoms with E-state index in [4.69, 9.17) is 0 Å². The van der Waals surface area contributed by atoms with E-state index >= 15 is 0 Å². The molecule has 0 radical (unpaired) electrons. The fourth-order valence-corrected chi connectivity index (χ4v) is 0.964. The third-order valence-corrected chi connectivity index (χ3v) is 1.53. The average Bonchev–Trinajstić information content (AvgIpc) is 2.21. The van der Waals surface area contributed by atoms with Gasteiger partial charge in [-0.25, -0.2) is 9.97 Å². The Morgan fingerprint density at radius 3 is 2.75 bits per heavy atom.